The summed E-state index contributed by atoms with van der Waals surface area (Å²) in [5, 5.41) is 0. The van der Waals surface area contributed by atoms with Gasteiger partial charge in [0.2, 0.25) is 0 Å². The fraction of sp³-hybridized carbons (Fsp3) is 0.935. The Morgan fingerprint density at radius 1 is 0.308 bits per heavy atom. The molecule has 0 aliphatic heterocycles. The number of carbonyl (C=O) groups is 3. The molecule has 52 heavy (non-hydrogen) atoms. The zero-order chi connectivity index (χ0) is 38.0. The average Bonchev–Trinajstić information content (AvgIpc) is 3.14. The van der Waals surface area contributed by atoms with Crippen LogP contribution in [0, 0.1) is 0 Å². The van der Waals surface area contributed by atoms with E-state index in [-0.39, 0.29) is 31.1 Å². The standard InChI is InChI=1S/C46H88O6/c1-4-7-10-13-16-18-19-20-21-22-23-24-25-26-28-30-33-36-39-45(48)51-42-43(41-50-44(47)38-35-32-29-15-12-9-6-3)52-46(49)40-37-34-31-27-17-14-11-8-5-2/h43H,4-42H2,1-3H3/t43-/m0/s1. The third kappa shape index (κ3) is 39.6. The molecule has 0 unspecified atom stereocenters. The molecule has 1 atom stereocenters. The van der Waals surface area contributed by atoms with Crippen LogP contribution in [0.15, 0.2) is 0 Å². The van der Waals surface area contributed by atoms with Crippen molar-refractivity contribution >= 4 is 17.9 Å². The van der Waals surface area contributed by atoms with Gasteiger partial charge in [0, 0.05) is 19.3 Å². The Bertz CT molecular complexity index is 768. The van der Waals surface area contributed by atoms with Crippen LogP contribution in [-0.4, -0.2) is 37.2 Å². The highest BCUT2D eigenvalue weighted by Gasteiger charge is 2.19. The largest absolute Gasteiger partial charge is 0.462 e. The summed E-state index contributed by atoms with van der Waals surface area (Å²) < 4.78 is 16.6. The maximum Gasteiger partial charge on any atom is 0.306 e. The minimum atomic E-state index is -0.756. The van der Waals surface area contributed by atoms with E-state index in [0.29, 0.717) is 19.3 Å². The van der Waals surface area contributed by atoms with E-state index in [1.165, 1.54) is 161 Å². The van der Waals surface area contributed by atoms with E-state index in [2.05, 4.69) is 20.8 Å². The highest BCUT2D eigenvalue weighted by Crippen LogP contribution is 2.16. The fourth-order valence-electron chi connectivity index (χ4n) is 6.85. The molecule has 308 valence electrons. The molecular formula is C46H88O6. The Balaban J connectivity index is 4.15. The third-order valence-corrected chi connectivity index (χ3v) is 10.4. The topological polar surface area (TPSA) is 78.9 Å². The summed E-state index contributed by atoms with van der Waals surface area (Å²) >= 11 is 0. The molecule has 0 radical (unpaired) electrons. The Morgan fingerprint density at radius 3 is 0.769 bits per heavy atom. The van der Waals surface area contributed by atoms with Crippen LogP contribution >= 0.6 is 0 Å². The summed E-state index contributed by atoms with van der Waals surface area (Å²) in [5.41, 5.74) is 0. The number of carbonyl (C=O) groups excluding carboxylic acids is 3. The predicted octanol–water partition coefficient (Wildman–Crippen LogP) is 14.5. The number of rotatable bonds is 42. The normalized spacial score (nSPS) is 11.8. The van der Waals surface area contributed by atoms with E-state index in [0.717, 1.165) is 57.8 Å². The molecule has 0 bridgehead atoms. The second-order valence-corrected chi connectivity index (χ2v) is 15.7. The van der Waals surface area contributed by atoms with Gasteiger partial charge in [-0.3, -0.25) is 14.4 Å². The Labute approximate surface area is 323 Å². The second kappa shape index (κ2) is 42.2. The molecular weight excluding hydrogens is 648 g/mol. The molecule has 0 saturated heterocycles. The highest BCUT2D eigenvalue weighted by atomic mass is 16.6. The minimum Gasteiger partial charge on any atom is -0.462 e. The van der Waals surface area contributed by atoms with Crippen molar-refractivity contribution in [3.8, 4) is 0 Å². The SMILES string of the molecule is CCCCCCCCCCCCCCCCCCCCC(=O)OC[C@H](COC(=O)CCCCCCCCC)OC(=O)CCCCCCCCCCC. The lowest BCUT2D eigenvalue weighted by atomic mass is 10.0. The molecule has 0 spiro atoms. The first-order valence-electron chi connectivity index (χ1n) is 23.0. The Hall–Kier alpha value is -1.59. The van der Waals surface area contributed by atoms with E-state index < -0.39 is 6.10 Å². The second-order valence-electron chi connectivity index (χ2n) is 15.7. The van der Waals surface area contributed by atoms with Crippen molar-refractivity contribution < 1.29 is 28.6 Å². The van der Waals surface area contributed by atoms with Gasteiger partial charge in [0.05, 0.1) is 0 Å². The molecule has 0 aliphatic rings. The molecule has 0 saturated carbocycles. The lowest BCUT2D eigenvalue weighted by Crippen LogP contribution is -2.30. The van der Waals surface area contributed by atoms with Gasteiger partial charge >= 0.3 is 17.9 Å². The number of hydrogen-bond acceptors (Lipinski definition) is 6. The van der Waals surface area contributed by atoms with Gasteiger partial charge in [-0.1, -0.05) is 220 Å². The maximum atomic E-state index is 12.6. The first-order valence-corrected chi connectivity index (χ1v) is 23.0. The lowest BCUT2D eigenvalue weighted by molar-refractivity contribution is -0.167. The lowest BCUT2D eigenvalue weighted by Gasteiger charge is -2.18. The van der Waals surface area contributed by atoms with Crippen LogP contribution in [0.2, 0.25) is 0 Å². The number of esters is 3. The van der Waals surface area contributed by atoms with Gasteiger partial charge in [-0.05, 0) is 19.3 Å². The molecule has 6 nitrogen and oxygen atoms in total. The monoisotopic (exact) mass is 737 g/mol. The Kier molecular flexibility index (Phi) is 40.9. The van der Waals surface area contributed by atoms with Crippen LogP contribution in [0.3, 0.4) is 0 Å². The van der Waals surface area contributed by atoms with Gasteiger partial charge in [-0.2, -0.15) is 0 Å². The highest BCUT2D eigenvalue weighted by molar-refractivity contribution is 5.71. The van der Waals surface area contributed by atoms with Gasteiger partial charge in [0.15, 0.2) is 6.10 Å². The fourth-order valence-corrected chi connectivity index (χ4v) is 6.85. The van der Waals surface area contributed by atoms with Crippen molar-refractivity contribution in [2.45, 2.75) is 264 Å². The number of unbranched alkanes of at least 4 members (excludes halogenated alkanes) is 31. The van der Waals surface area contributed by atoms with Crippen LogP contribution in [0.5, 0.6) is 0 Å². The summed E-state index contributed by atoms with van der Waals surface area (Å²) in [4.78, 5) is 37.5. The first-order chi connectivity index (χ1) is 25.5. The van der Waals surface area contributed by atoms with Crippen molar-refractivity contribution in [2.24, 2.45) is 0 Å². The van der Waals surface area contributed by atoms with Gasteiger partial charge in [0.25, 0.3) is 0 Å². The van der Waals surface area contributed by atoms with E-state index >= 15 is 0 Å². The smallest absolute Gasteiger partial charge is 0.306 e. The maximum absolute atomic E-state index is 12.6. The average molecular weight is 737 g/mol. The van der Waals surface area contributed by atoms with Gasteiger partial charge in [-0.25, -0.2) is 0 Å². The molecule has 0 N–H and O–H groups in total. The molecule has 0 aromatic heterocycles. The number of hydrogen-bond donors (Lipinski definition) is 0. The van der Waals surface area contributed by atoms with Gasteiger partial charge in [-0.15, -0.1) is 0 Å². The van der Waals surface area contributed by atoms with Crippen LogP contribution in [0.25, 0.3) is 0 Å². The van der Waals surface area contributed by atoms with Crippen molar-refractivity contribution in [3.63, 3.8) is 0 Å². The van der Waals surface area contributed by atoms with Crippen molar-refractivity contribution in [1.82, 2.24) is 0 Å². The van der Waals surface area contributed by atoms with Crippen LogP contribution in [0.4, 0.5) is 0 Å². The molecule has 0 rings (SSSR count). The number of ether oxygens (including phenoxy) is 3. The quantitative estimate of drug-likeness (QED) is 0.0353. The molecule has 0 aromatic rings. The predicted molar refractivity (Wildman–Crippen MR) is 220 cm³/mol. The minimum absolute atomic E-state index is 0.0634. The molecule has 0 heterocycles. The molecule has 0 aromatic carbocycles. The zero-order valence-corrected chi connectivity index (χ0v) is 35.1. The summed E-state index contributed by atoms with van der Waals surface area (Å²) in [6.07, 6.45) is 42.5. The zero-order valence-electron chi connectivity index (χ0n) is 35.1. The first kappa shape index (κ1) is 50.4. The molecule has 6 heteroatoms. The Morgan fingerprint density at radius 2 is 0.519 bits per heavy atom. The summed E-state index contributed by atoms with van der Waals surface area (Å²) in [7, 11) is 0. The molecule has 0 fully saturated rings. The van der Waals surface area contributed by atoms with E-state index in [9.17, 15) is 14.4 Å². The molecule has 0 aliphatic carbocycles. The summed E-state index contributed by atoms with van der Waals surface area (Å²) in [6, 6.07) is 0. The van der Waals surface area contributed by atoms with E-state index in [4.69, 9.17) is 14.2 Å². The van der Waals surface area contributed by atoms with Crippen molar-refractivity contribution in [3.05, 3.63) is 0 Å². The van der Waals surface area contributed by atoms with Gasteiger partial charge in [0.1, 0.15) is 13.2 Å². The van der Waals surface area contributed by atoms with Crippen LogP contribution in [-0.2, 0) is 28.6 Å². The van der Waals surface area contributed by atoms with E-state index in [1.807, 2.05) is 0 Å². The molecule has 0 amide bonds. The van der Waals surface area contributed by atoms with Crippen LogP contribution in [0.1, 0.15) is 258 Å². The van der Waals surface area contributed by atoms with Crippen LogP contribution < -0.4 is 0 Å². The van der Waals surface area contributed by atoms with Gasteiger partial charge < -0.3 is 14.2 Å². The summed E-state index contributed by atoms with van der Waals surface area (Å²) in [5.74, 6) is -0.861. The third-order valence-electron chi connectivity index (χ3n) is 10.4. The van der Waals surface area contributed by atoms with Crippen molar-refractivity contribution in [1.29, 1.82) is 0 Å². The van der Waals surface area contributed by atoms with E-state index in [1.54, 1.807) is 0 Å². The van der Waals surface area contributed by atoms with Crippen molar-refractivity contribution in [2.75, 3.05) is 13.2 Å². The summed E-state index contributed by atoms with van der Waals surface area (Å²) in [6.45, 7) is 6.60.